The van der Waals surface area contributed by atoms with Crippen LogP contribution in [-0.4, -0.2) is 53.0 Å². The Labute approximate surface area is 63.2 Å². The van der Waals surface area contributed by atoms with Gasteiger partial charge in [0.25, 0.3) is 0 Å². The van der Waals surface area contributed by atoms with Gasteiger partial charge in [0.15, 0.2) is 6.17 Å². The lowest BCUT2D eigenvalue weighted by Crippen LogP contribution is -2.31. The molecule has 1 saturated heterocycles. The lowest BCUT2D eigenvalue weighted by molar-refractivity contribution is -0.0368. The van der Waals surface area contributed by atoms with E-state index < -0.39 is 37.7 Å². The van der Waals surface area contributed by atoms with Crippen LogP contribution >= 0.6 is 0 Å². The van der Waals surface area contributed by atoms with Crippen LogP contribution in [0.5, 0.6) is 0 Å². The first kappa shape index (κ1) is 8.86. The van der Waals surface area contributed by atoms with E-state index >= 15 is 0 Å². The molecule has 0 spiro atoms. The van der Waals surface area contributed by atoms with Crippen LogP contribution in [0.25, 0.3) is 0 Å². The van der Waals surface area contributed by atoms with Gasteiger partial charge in [-0.15, -0.1) is 0 Å². The molecule has 1 aliphatic heterocycles. The van der Waals surface area contributed by atoms with Crippen molar-refractivity contribution in [3.05, 3.63) is 0 Å². The van der Waals surface area contributed by atoms with Crippen LogP contribution in [0.2, 0.25) is 0 Å². The fourth-order valence-corrected chi connectivity index (χ4v) is 1.10. The number of hydrogen-bond acceptors (Lipinski definition) is 4. The van der Waals surface area contributed by atoms with Gasteiger partial charge in [-0.3, -0.25) is 0 Å². The van der Waals surface area contributed by atoms with Gasteiger partial charge in [-0.2, -0.15) is 0 Å². The highest BCUT2D eigenvalue weighted by Gasteiger charge is 2.43. The molecule has 0 amide bonds. The first-order chi connectivity index (χ1) is 5.20. The van der Waals surface area contributed by atoms with Crippen LogP contribution in [0.4, 0.5) is 4.39 Å². The topological polar surface area (TPSA) is 69.9 Å². The van der Waals surface area contributed by atoms with Crippen molar-refractivity contribution in [1.82, 2.24) is 0 Å². The van der Waals surface area contributed by atoms with Crippen LogP contribution in [0.1, 0.15) is 0 Å². The minimum atomic E-state index is -1.60. The van der Waals surface area contributed by atoms with E-state index in [-0.39, 0.29) is 0 Å². The second kappa shape index (κ2) is 3.44. The zero-order chi connectivity index (χ0) is 8.43. The lowest BCUT2D eigenvalue weighted by Gasteiger charge is -2.08. The normalized spacial score (nSPS) is 44.7. The molecule has 1 fully saturated rings. The molecule has 0 aromatic carbocycles. The van der Waals surface area contributed by atoms with Gasteiger partial charge >= 0.3 is 0 Å². The summed E-state index contributed by atoms with van der Waals surface area (Å²) in [6.07, 6.45) is -4.82. The fourth-order valence-electron chi connectivity index (χ4n) is 1.10. The summed E-state index contributed by atoms with van der Waals surface area (Å²) >= 11 is 0. The van der Waals surface area contributed by atoms with Crippen LogP contribution in [0.3, 0.4) is 0 Å². The van der Waals surface area contributed by atoms with Crippen LogP contribution in [0, 0.1) is 0 Å². The lowest BCUT2D eigenvalue weighted by atomic mass is 10.1. The molecule has 0 aromatic heterocycles. The molecule has 0 unspecified atom stereocenters. The highest BCUT2D eigenvalue weighted by molar-refractivity contribution is 4.90. The molecular weight excluding hydrogens is 155 g/mol. The van der Waals surface area contributed by atoms with Gasteiger partial charge in [-0.05, 0) is 0 Å². The van der Waals surface area contributed by atoms with E-state index in [1.807, 2.05) is 0 Å². The monoisotopic (exact) mass is 166 g/mol. The minimum absolute atomic E-state index is 0.432. The maximum absolute atomic E-state index is 12.8. The number of aliphatic hydroxyl groups is 3. The molecule has 0 bridgehead atoms. The van der Waals surface area contributed by atoms with Crippen molar-refractivity contribution in [3.63, 3.8) is 0 Å². The zero-order valence-corrected chi connectivity index (χ0v) is 5.85. The molecule has 66 valence electrons. The number of hydrogen-bond donors (Lipinski definition) is 3. The van der Waals surface area contributed by atoms with E-state index in [9.17, 15) is 4.39 Å². The van der Waals surface area contributed by atoms with Crippen molar-refractivity contribution < 1.29 is 24.4 Å². The molecule has 0 aliphatic carbocycles. The van der Waals surface area contributed by atoms with Crippen molar-refractivity contribution in [1.29, 1.82) is 0 Å². The van der Waals surface area contributed by atoms with Gasteiger partial charge in [0, 0.05) is 0 Å². The van der Waals surface area contributed by atoms with E-state index in [1.165, 1.54) is 0 Å². The van der Waals surface area contributed by atoms with Gasteiger partial charge < -0.3 is 20.1 Å². The van der Waals surface area contributed by atoms with Crippen LogP contribution in [0.15, 0.2) is 0 Å². The molecule has 4 atom stereocenters. The van der Waals surface area contributed by atoms with Crippen molar-refractivity contribution in [2.24, 2.45) is 0 Å². The summed E-state index contributed by atoms with van der Waals surface area (Å²) < 4.78 is 17.5. The molecule has 0 saturated carbocycles. The Morgan fingerprint density at radius 1 is 1.18 bits per heavy atom. The summed E-state index contributed by atoms with van der Waals surface area (Å²) in [7, 11) is 0. The Kier molecular flexibility index (Phi) is 2.78. The first-order valence-electron chi connectivity index (χ1n) is 3.40. The van der Waals surface area contributed by atoms with Gasteiger partial charge in [0.05, 0.1) is 13.2 Å². The van der Waals surface area contributed by atoms with Crippen molar-refractivity contribution >= 4 is 0 Å². The van der Waals surface area contributed by atoms with E-state index in [4.69, 9.17) is 20.1 Å². The molecular formula is C6H11FO4. The quantitative estimate of drug-likeness (QED) is 0.464. The number of rotatable bonds is 2. The minimum Gasteiger partial charge on any atom is -0.394 e. The van der Waals surface area contributed by atoms with Crippen molar-refractivity contribution in [2.75, 3.05) is 13.2 Å². The van der Waals surface area contributed by atoms with Gasteiger partial charge in [0.1, 0.15) is 18.3 Å². The van der Waals surface area contributed by atoms with Crippen LogP contribution < -0.4 is 0 Å². The van der Waals surface area contributed by atoms with E-state index in [0.29, 0.717) is 0 Å². The van der Waals surface area contributed by atoms with E-state index in [2.05, 4.69) is 0 Å². The van der Waals surface area contributed by atoms with Crippen molar-refractivity contribution in [2.45, 2.75) is 24.5 Å². The molecule has 1 heterocycles. The molecule has 0 radical (unpaired) electrons. The number of alkyl halides is 1. The third kappa shape index (κ3) is 1.51. The molecule has 11 heavy (non-hydrogen) atoms. The highest BCUT2D eigenvalue weighted by atomic mass is 19.1. The molecule has 5 heteroatoms. The predicted octanol–water partition coefficient (Wildman–Crippen LogP) is -1.56. The fraction of sp³-hybridized carbons (Fsp3) is 1.00. The maximum Gasteiger partial charge on any atom is 0.157 e. The van der Waals surface area contributed by atoms with Crippen LogP contribution in [-0.2, 0) is 4.74 Å². The summed E-state index contributed by atoms with van der Waals surface area (Å²) in [6.45, 7) is -0.910. The number of aliphatic hydroxyl groups excluding tert-OH is 3. The van der Waals surface area contributed by atoms with E-state index in [1.54, 1.807) is 0 Å². The average Bonchev–Trinajstić information content (AvgIpc) is 2.30. The van der Waals surface area contributed by atoms with E-state index in [0.717, 1.165) is 0 Å². The van der Waals surface area contributed by atoms with Gasteiger partial charge in [-0.25, -0.2) is 4.39 Å². The Morgan fingerprint density at radius 3 is 2.00 bits per heavy atom. The van der Waals surface area contributed by atoms with Crippen molar-refractivity contribution in [3.8, 4) is 0 Å². The summed E-state index contributed by atoms with van der Waals surface area (Å²) in [6, 6.07) is 0. The third-order valence-corrected chi connectivity index (χ3v) is 1.77. The summed E-state index contributed by atoms with van der Waals surface area (Å²) in [5.74, 6) is 0. The SMILES string of the molecule is OC[C@H]1O[C@H](CO)[C@@H](F)[C@@H]1O. The predicted molar refractivity (Wildman–Crippen MR) is 33.7 cm³/mol. The number of ether oxygens (including phenoxy) is 1. The largest absolute Gasteiger partial charge is 0.394 e. The Morgan fingerprint density at radius 2 is 1.73 bits per heavy atom. The Hall–Kier alpha value is -0.230. The molecule has 0 aromatic rings. The smallest absolute Gasteiger partial charge is 0.157 e. The standard InChI is InChI=1S/C6H11FO4/c7-5-3(1-8)11-4(2-9)6(5)10/h3-6,8-10H,1-2H2/t3-,4-,5-,6-/m1/s1. The second-order valence-corrected chi connectivity index (χ2v) is 2.51. The Bertz CT molecular complexity index is 114. The van der Waals surface area contributed by atoms with Gasteiger partial charge in [-0.1, -0.05) is 0 Å². The molecule has 1 rings (SSSR count). The summed E-state index contributed by atoms with van der Waals surface area (Å²) in [4.78, 5) is 0. The van der Waals surface area contributed by atoms with Gasteiger partial charge in [0.2, 0.25) is 0 Å². The summed E-state index contributed by atoms with van der Waals surface area (Å²) in [5.41, 5.74) is 0. The third-order valence-electron chi connectivity index (χ3n) is 1.77. The highest BCUT2D eigenvalue weighted by Crippen LogP contribution is 2.23. The second-order valence-electron chi connectivity index (χ2n) is 2.51. The molecule has 3 N–H and O–H groups in total. The average molecular weight is 166 g/mol. The Balaban J connectivity index is 2.53. The maximum atomic E-state index is 12.8. The zero-order valence-electron chi connectivity index (χ0n) is 5.85. The number of halogens is 1. The molecule has 1 aliphatic rings. The molecule has 4 nitrogen and oxygen atoms in total. The first-order valence-corrected chi connectivity index (χ1v) is 3.40. The summed E-state index contributed by atoms with van der Waals surface area (Å²) in [5, 5.41) is 26.0.